The zero-order valence-corrected chi connectivity index (χ0v) is 11.1. The summed E-state index contributed by atoms with van der Waals surface area (Å²) in [6, 6.07) is 0.700. The standard InChI is InChI=1S/C13H24N2O2/c1-13(2,3)17-12(16)15-10-5-4-9(8-14)11(15)7-6-10/h9-11H,4-8,14H2,1-3H3/t9?,10-,11-/m0/s1. The predicted octanol–water partition coefficient (Wildman–Crippen LogP) is 2.12. The topological polar surface area (TPSA) is 55.6 Å². The lowest BCUT2D eigenvalue weighted by atomic mass is 9.91. The number of hydrogen-bond donors (Lipinski definition) is 1. The molecule has 2 fully saturated rings. The molecule has 1 amide bonds. The minimum absolute atomic E-state index is 0.150. The van der Waals surface area contributed by atoms with Crippen molar-refractivity contribution in [3.63, 3.8) is 0 Å². The highest BCUT2D eigenvalue weighted by Gasteiger charge is 2.45. The van der Waals surface area contributed by atoms with E-state index in [0.717, 1.165) is 25.7 Å². The first-order valence-corrected chi connectivity index (χ1v) is 6.64. The number of nitrogens with two attached hydrogens (primary N) is 1. The van der Waals surface area contributed by atoms with E-state index in [1.807, 2.05) is 25.7 Å². The summed E-state index contributed by atoms with van der Waals surface area (Å²) in [6.45, 7) is 6.42. The van der Waals surface area contributed by atoms with Gasteiger partial charge in [0, 0.05) is 12.1 Å². The van der Waals surface area contributed by atoms with Crippen molar-refractivity contribution in [3.05, 3.63) is 0 Å². The second kappa shape index (κ2) is 4.48. The third-order valence-corrected chi connectivity index (χ3v) is 3.87. The van der Waals surface area contributed by atoms with Gasteiger partial charge < -0.3 is 15.4 Å². The van der Waals surface area contributed by atoms with Crippen molar-refractivity contribution in [2.75, 3.05) is 6.54 Å². The van der Waals surface area contributed by atoms with Crippen LogP contribution in [0, 0.1) is 5.92 Å². The summed E-state index contributed by atoms with van der Waals surface area (Å²) in [7, 11) is 0. The summed E-state index contributed by atoms with van der Waals surface area (Å²) >= 11 is 0. The molecule has 17 heavy (non-hydrogen) atoms. The third kappa shape index (κ3) is 2.57. The number of carbonyl (C=O) groups is 1. The van der Waals surface area contributed by atoms with Gasteiger partial charge in [0.15, 0.2) is 0 Å². The summed E-state index contributed by atoms with van der Waals surface area (Å²) in [5.74, 6) is 0.460. The van der Waals surface area contributed by atoms with Crippen molar-refractivity contribution in [2.45, 2.75) is 64.1 Å². The largest absolute Gasteiger partial charge is 0.444 e. The maximum atomic E-state index is 12.2. The molecular formula is C13H24N2O2. The highest BCUT2D eigenvalue weighted by atomic mass is 16.6. The van der Waals surface area contributed by atoms with E-state index in [0.29, 0.717) is 24.5 Å². The van der Waals surface area contributed by atoms with Crippen LogP contribution in [-0.4, -0.2) is 35.2 Å². The number of hydrogen-bond acceptors (Lipinski definition) is 3. The fraction of sp³-hybridized carbons (Fsp3) is 0.923. The van der Waals surface area contributed by atoms with Gasteiger partial charge in [0.05, 0.1) is 0 Å². The molecule has 2 aliphatic heterocycles. The van der Waals surface area contributed by atoms with Gasteiger partial charge in [0.25, 0.3) is 0 Å². The first-order valence-electron chi connectivity index (χ1n) is 6.64. The number of piperidine rings is 1. The Balaban J connectivity index is 2.07. The van der Waals surface area contributed by atoms with Gasteiger partial charge >= 0.3 is 6.09 Å². The maximum absolute atomic E-state index is 12.2. The normalized spacial score (nSPS) is 32.7. The summed E-state index contributed by atoms with van der Waals surface area (Å²) in [5.41, 5.74) is 5.39. The summed E-state index contributed by atoms with van der Waals surface area (Å²) in [5, 5.41) is 0. The monoisotopic (exact) mass is 240 g/mol. The minimum atomic E-state index is -0.411. The molecule has 2 saturated heterocycles. The van der Waals surface area contributed by atoms with Crippen molar-refractivity contribution >= 4 is 6.09 Å². The Hall–Kier alpha value is -0.770. The molecule has 0 spiro atoms. The number of carbonyl (C=O) groups excluding carboxylic acids is 1. The molecule has 2 bridgehead atoms. The number of ether oxygens (including phenoxy) is 1. The van der Waals surface area contributed by atoms with E-state index in [2.05, 4.69) is 0 Å². The van der Waals surface area contributed by atoms with Gasteiger partial charge in [0.1, 0.15) is 5.60 Å². The molecule has 0 saturated carbocycles. The smallest absolute Gasteiger partial charge is 0.410 e. The van der Waals surface area contributed by atoms with Crippen LogP contribution in [0.4, 0.5) is 4.79 Å². The lowest BCUT2D eigenvalue weighted by Crippen LogP contribution is -2.51. The van der Waals surface area contributed by atoms with E-state index in [9.17, 15) is 4.79 Å². The lowest BCUT2D eigenvalue weighted by Gasteiger charge is -2.40. The van der Waals surface area contributed by atoms with Gasteiger partial charge in [-0.05, 0) is 58.9 Å². The number of nitrogens with zero attached hydrogens (tertiary/aromatic N) is 1. The summed E-state index contributed by atoms with van der Waals surface area (Å²) < 4.78 is 5.50. The molecule has 1 unspecified atom stereocenters. The highest BCUT2D eigenvalue weighted by Crippen LogP contribution is 2.39. The summed E-state index contributed by atoms with van der Waals surface area (Å²) in [6.07, 6.45) is 4.29. The van der Waals surface area contributed by atoms with E-state index in [1.165, 1.54) is 0 Å². The van der Waals surface area contributed by atoms with E-state index < -0.39 is 5.60 Å². The lowest BCUT2D eigenvalue weighted by molar-refractivity contribution is -0.000499. The average molecular weight is 240 g/mol. The van der Waals surface area contributed by atoms with Crippen molar-refractivity contribution in [1.29, 1.82) is 0 Å². The Morgan fingerprint density at radius 1 is 1.29 bits per heavy atom. The Morgan fingerprint density at radius 3 is 2.53 bits per heavy atom. The number of rotatable bonds is 1. The van der Waals surface area contributed by atoms with Crippen molar-refractivity contribution < 1.29 is 9.53 Å². The molecule has 0 aromatic rings. The first kappa shape index (κ1) is 12.7. The Bertz CT molecular complexity index is 298. The van der Waals surface area contributed by atoms with E-state index >= 15 is 0 Å². The van der Waals surface area contributed by atoms with Crippen LogP contribution in [0.5, 0.6) is 0 Å². The molecular weight excluding hydrogens is 216 g/mol. The zero-order valence-electron chi connectivity index (χ0n) is 11.1. The van der Waals surface area contributed by atoms with Crippen LogP contribution < -0.4 is 5.73 Å². The Morgan fingerprint density at radius 2 is 1.94 bits per heavy atom. The molecule has 0 radical (unpaired) electrons. The third-order valence-electron chi connectivity index (χ3n) is 3.87. The highest BCUT2D eigenvalue weighted by molar-refractivity contribution is 5.69. The van der Waals surface area contributed by atoms with Gasteiger partial charge in [-0.15, -0.1) is 0 Å². The molecule has 3 atom stereocenters. The van der Waals surface area contributed by atoms with Crippen LogP contribution in [0.2, 0.25) is 0 Å². The molecule has 0 aliphatic carbocycles. The Kier molecular flexibility index (Phi) is 3.34. The van der Waals surface area contributed by atoms with Crippen molar-refractivity contribution in [3.8, 4) is 0 Å². The molecule has 0 aromatic carbocycles. The van der Waals surface area contributed by atoms with E-state index in [1.54, 1.807) is 0 Å². The minimum Gasteiger partial charge on any atom is -0.444 e. The maximum Gasteiger partial charge on any atom is 0.410 e. The van der Waals surface area contributed by atoms with Crippen LogP contribution in [0.3, 0.4) is 0 Å². The van der Waals surface area contributed by atoms with Gasteiger partial charge in [-0.25, -0.2) is 4.79 Å². The number of fused-ring (bicyclic) bond motifs is 2. The molecule has 2 heterocycles. The SMILES string of the molecule is CC(C)(C)OC(=O)N1[C@H]2CCC(CN)[C@@H]1CC2. The van der Waals surface area contributed by atoms with Gasteiger partial charge in [-0.1, -0.05) is 0 Å². The summed E-state index contributed by atoms with van der Waals surface area (Å²) in [4.78, 5) is 14.2. The molecule has 2 aliphatic rings. The van der Waals surface area contributed by atoms with Crippen molar-refractivity contribution in [2.24, 2.45) is 11.7 Å². The van der Waals surface area contributed by atoms with Crippen LogP contribution >= 0.6 is 0 Å². The van der Waals surface area contributed by atoms with Crippen LogP contribution in [0.1, 0.15) is 46.5 Å². The molecule has 4 nitrogen and oxygen atoms in total. The van der Waals surface area contributed by atoms with Gasteiger partial charge in [-0.3, -0.25) is 0 Å². The van der Waals surface area contributed by atoms with Gasteiger partial charge in [0.2, 0.25) is 0 Å². The van der Waals surface area contributed by atoms with E-state index in [4.69, 9.17) is 10.5 Å². The van der Waals surface area contributed by atoms with E-state index in [-0.39, 0.29) is 6.09 Å². The fourth-order valence-corrected chi connectivity index (χ4v) is 3.13. The van der Waals surface area contributed by atoms with Crippen LogP contribution in [-0.2, 0) is 4.74 Å². The Labute approximate surface area is 103 Å². The molecule has 2 rings (SSSR count). The fourth-order valence-electron chi connectivity index (χ4n) is 3.13. The second-order valence-corrected chi connectivity index (χ2v) is 6.26. The zero-order chi connectivity index (χ0) is 12.6. The van der Waals surface area contributed by atoms with Gasteiger partial charge in [-0.2, -0.15) is 0 Å². The predicted molar refractivity (Wildman–Crippen MR) is 66.7 cm³/mol. The second-order valence-electron chi connectivity index (χ2n) is 6.26. The average Bonchev–Trinajstić information content (AvgIpc) is 2.52. The molecule has 98 valence electrons. The van der Waals surface area contributed by atoms with Crippen molar-refractivity contribution in [1.82, 2.24) is 4.90 Å². The van der Waals surface area contributed by atoms with Crippen LogP contribution in [0.25, 0.3) is 0 Å². The molecule has 0 aromatic heterocycles. The van der Waals surface area contributed by atoms with Crippen LogP contribution in [0.15, 0.2) is 0 Å². The molecule has 2 N–H and O–H groups in total. The first-order chi connectivity index (χ1) is 7.92. The number of amides is 1. The quantitative estimate of drug-likeness (QED) is 0.764. The molecule has 4 heteroatoms.